The van der Waals surface area contributed by atoms with Crippen LogP contribution in [0.25, 0.3) is 0 Å². The molecule has 0 saturated heterocycles. The maximum absolute atomic E-state index is 12.2. The first-order chi connectivity index (χ1) is 12.2. The number of nitrogens with one attached hydrogen (secondary N) is 2. The van der Waals surface area contributed by atoms with Gasteiger partial charge in [-0.3, -0.25) is 4.79 Å². The van der Waals surface area contributed by atoms with Crippen molar-refractivity contribution in [1.29, 1.82) is 0 Å². The van der Waals surface area contributed by atoms with Crippen molar-refractivity contribution < 1.29 is 14.1 Å². The molecule has 0 aliphatic heterocycles. The van der Waals surface area contributed by atoms with Crippen molar-refractivity contribution >= 4 is 17.4 Å². The van der Waals surface area contributed by atoms with Gasteiger partial charge in [-0.15, -0.1) is 0 Å². The topological polar surface area (TPSA) is 76.4 Å². The summed E-state index contributed by atoms with van der Waals surface area (Å²) in [5.74, 6) is 2.54. The van der Waals surface area contributed by atoms with Crippen LogP contribution < -0.4 is 15.4 Å². The van der Waals surface area contributed by atoms with Crippen molar-refractivity contribution in [1.82, 2.24) is 5.16 Å². The molecule has 2 aromatic carbocycles. The van der Waals surface area contributed by atoms with Gasteiger partial charge >= 0.3 is 0 Å². The molecule has 0 aliphatic rings. The molecule has 1 aromatic heterocycles. The second-order valence-electron chi connectivity index (χ2n) is 5.46. The van der Waals surface area contributed by atoms with Crippen LogP contribution in [0.1, 0.15) is 12.2 Å². The van der Waals surface area contributed by atoms with Crippen LogP contribution in [0.5, 0.6) is 11.5 Å². The third-order valence-corrected chi connectivity index (χ3v) is 3.42. The van der Waals surface area contributed by atoms with E-state index in [2.05, 4.69) is 15.8 Å². The first kappa shape index (κ1) is 16.6. The molecule has 0 fully saturated rings. The predicted molar refractivity (Wildman–Crippen MR) is 95.9 cm³/mol. The van der Waals surface area contributed by atoms with Gasteiger partial charge in [0, 0.05) is 19.0 Å². The van der Waals surface area contributed by atoms with Crippen LogP contribution in [0.2, 0.25) is 0 Å². The molecule has 6 heteroatoms. The molecular formula is C19H19N3O3. The molecule has 0 spiro atoms. The van der Waals surface area contributed by atoms with Gasteiger partial charge in [-0.2, -0.15) is 0 Å². The van der Waals surface area contributed by atoms with E-state index in [1.807, 2.05) is 61.5 Å². The number of hydrogen-bond acceptors (Lipinski definition) is 5. The highest BCUT2D eigenvalue weighted by molar-refractivity contribution is 5.92. The molecule has 25 heavy (non-hydrogen) atoms. The van der Waals surface area contributed by atoms with E-state index in [0.717, 1.165) is 5.76 Å². The normalized spacial score (nSPS) is 10.3. The second kappa shape index (κ2) is 8.01. The number of aryl methyl sites for hydroxylation is 1. The number of benzene rings is 2. The Hall–Kier alpha value is -3.28. The summed E-state index contributed by atoms with van der Waals surface area (Å²) in [4.78, 5) is 12.2. The predicted octanol–water partition coefficient (Wildman–Crippen LogP) is 4.22. The number of para-hydroxylation sites is 3. The van der Waals surface area contributed by atoms with Crippen LogP contribution in [0.15, 0.2) is 65.2 Å². The Morgan fingerprint density at radius 2 is 1.88 bits per heavy atom. The van der Waals surface area contributed by atoms with Gasteiger partial charge in [0.2, 0.25) is 5.91 Å². The van der Waals surface area contributed by atoms with Gasteiger partial charge in [0.15, 0.2) is 11.6 Å². The van der Waals surface area contributed by atoms with Crippen LogP contribution in [0.3, 0.4) is 0 Å². The molecule has 0 saturated carbocycles. The maximum atomic E-state index is 12.2. The molecule has 0 atom stereocenters. The fourth-order valence-electron chi connectivity index (χ4n) is 2.24. The lowest BCUT2D eigenvalue weighted by atomic mass is 10.2. The molecular weight excluding hydrogens is 318 g/mol. The zero-order valence-electron chi connectivity index (χ0n) is 13.9. The molecule has 0 aliphatic carbocycles. The molecule has 1 amide bonds. The van der Waals surface area contributed by atoms with Gasteiger partial charge in [-0.25, -0.2) is 0 Å². The molecule has 1 heterocycles. The van der Waals surface area contributed by atoms with E-state index in [-0.39, 0.29) is 5.91 Å². The van der Waals surface area contributed by atoms with Crippen LogP contribution in [-0.4, -0.2) is 17.6 Å². The SMILES string of the molecule is Cc1cc(NCCC(=O)Nc2ccccc2Oc2ccccc2)no1. The highest BCUT2D eigenvalue weighted by Crippen LogP contribution is 2.29. The van der Waals surface area contributed by atoms with Gasteiger partial charge in [-0.05, 0) is 31.2 Å². The van der Waals surface area contributed by atoms with Gasteiger partial charge in [0.05, 0.1) is 5.69 Å². The number of hydrogen-bond donors (Lipinski definition) is 2. The molecule has 0 radical (unpaired) electrons. The zero-order valence-corrected chi connectivity index (χ0v) is 13.9. The number of carbonyl (C=O) groups is 1. The second-order valence-corrected chi connectivity index (χ2v) is 5.46. The fourth-order valence-corrected chi connectivity index (χ4v) is 2.24. The standard InChI is InChI=1S/C19H19N3O3/c1-14-13-18(22-25-14)20-12-11-19(23)21-16-9-5-6-10-17(16)24-15-7-3-2-4-8-15/h2-10,13H,11-12H2,1H3,(H,20,22)(H,21,23). The largest absolute Gasteiger partial charge is 0.455 e. The Morgan fingerprint density at radius 3 is 2.64 bits per heavy atom. The summed E-state index contributed by atoms with van der Waals surface area (Å²) in [5, 5.41) is 9.73. The average Bonchev–Trinajstić information content (AvgIpc) is 3.03. The van der Waals surface area contributed by atoms with Gasteiger partial charge in [0.25, 0.3) is 0 Å². The Labute approximate surface area is 145 Å². The first-order valence-electron chi connectivity index (χ1n) is 8.00. The van der Waals surface area contributed by atoms with Crippen LogP contribution in [0, 0.1) is 6.92 Å². The summed E-state index contributed by atoms with van der Waals surface area (Å²) in [5.41, 5.74) is 0.633. The van der Waals surface area contributed by atoms with Crippen molar-refractivity contribution in [3.05, 3.63) is 66.4 Å². The van der Waals surface area contributed by atoms with Crippen molar-refractivity contribution in [2.24, 2.45) is 0 Å². The molecule has 3 rings (SSSR count). The smallest absolute Gasteiger partial charge is 0.226 e. The molecule has 0 unspecified atom stereocenters. The van der Waals surface area contributed by atoms with E-state index >= 15 is 0 Å². The summed E-state index contributed by atoms with van der Waals surface area (Å²) in [6.45, 7) is 2.27. The maximum Gasteiger partial charge on any atom is 0.226 e. The third kappa shape index (κ3) is 4.84. The van der Waals surface area contributed by atoms with E-state index in [1.54, 1.807) is 6.07 Å². The van der Waals surface area contributed by atoms with Crippen molar-refractivity contribution in [3.8, 4) is 11.5 Å². The minimum absolute atomic E-state index is 0.114. The zero-order chi connectivity index (χ0) is 17.5. The van der Waals surface area contributed by atoms with Crippen molar-refractivity contribution in [2.45, 2.75) is 13.3 Å². The Morgan fingerprint density at radius 1 is 1.12 bits per heavy atom. The van der Waals surface area contributed by atoms with Crippen LogP contribution in [-0.2, 0) is 4.79 Å². The molecule has 2 N–H and O–H groups in total. The number of nitrogens with zero attached hydrogens (tertiary/aromatic N) is 1. The van der Waals surface area contributed by atoms with Gasteiger partial charge < -0.3 is 19.9 Å². The Bertz CT molecular complexity index is 831. The minimum Gasteiger partial charge on any atom is -0.455 e. The first-order valence-corrected chi connectivity index (χ1v) is 8.00. The Balaban J connectivity index is 1.55. The quantitative estimate of drug-likeness (QED) is 0.675. The number of rotatable bonds is 7. The minimum atomic E-state index is -0.114. The van der Waals surface area contributed by atoms with Gasteiger partial charge in [-0.1, -0.05) is 35.5 Å². The lowest BCUT2D eigenvalue weighted by molar-refractivity contribution is -0.116. The van der Waals surface area contributed by atoms with E-state index in [0.29, 0.717) is 36.0 Å². The monoisotopic (exact) mass is 337 g/mol. The fraction of sp³-hybridized carbons (Fsp3) is 0.158. The number of carbonyl (C=O) groups excluding carboxylic acids is 1. The molecule has 0 bridgehead atoms. The summed E-state index contributed by atoms with van der Waals surface area (Å²) in [7, 11) is 0. The van der Waals surface area contributed by atoms with E-state index < -0.39 is 0 Å². The average molecular weight is 337 g/mol. The van der Waals surface area contributed by atoms with E-state index in [9.17, 15) is 4.79 Å². The van der Waals surface area contributed by atoms with E-state index in [4.69, 9.17) is 9.26 Å². The highest BCUT2D eigenvalue weighted by Gasteiger charge is 2.09. The molecule has 128 valence electrons. The lowest BCUT2D eigenvalue weighted by Crippen LogP contribution is -2.16. The van der Waals surface area contributed by atoms with Gasteiger partial charge in [0.1, 0.15) is 11.5 Å². The van der Waals surface area contributed by atoms with Crippen LogP contribution in [0.4, 0.5) is 11.5 Å². The number of anilines is 2. The lowest BCUT2D eigenvalue weighted by Gasteiger charge is -2.12. The number of amides is 1. The third-order valence-electron chi connectivity index (χ3n) is 3.42. The highest BCUT2D eigenvalue weighted by atomic mass is 16.5. The molecule has 3 aromatic rings. The van der Waals surface area contributed by atoms with Crippen molar-refractivity contribution in [2.75, 3.05) is 17.2 Å². The van der Waals surface area contributed by atoms with E-state index in [1.165, 1.54) is 0 Å². The summed E-state index contributed by atoms with van der Waals surface area (Å²) in [6, 6.07) is 18.6. The Kier molecular flexibility index (Phi) is 5.31. The summed E-state index contributed by atoms with van der Waals surface area (Å²) >= 11 is 0. The number of aromatic nitrogens is 1. The number of ether oxygens (including phenoxy) is 1. The molecule has 6 nitrogen and oxygen atoms in total. The summed E-state index contributed by atoms with van der Waals surface area (Å²) in [6.07, 6.45) is 0.297. The summed E-state index contributed by atoms with van der Waals surface area (Å²) < 4.78 is 10.8. The van der Waals surface area contributed by atoms with Crippen LogP contribution >= 0.6 is 0 Å². The van der Waals surface area contributed by atoms with Crippen molar-refractivity contribution in [3.63, 3.8) is 0 Å².